The molecular formula is C17H37NO2. The minimum Gasteiger partial charge on any atom is -0.393 e. The molecule has 1 heterocycles. The van der Waals surface area contributed by atoms with E-state index in [0.717, 1.165) is 25.9 Å². The van der Waals surface area contributed by atoms with Gasteiger partial charge in [0.05, 0.1) is 12.7 Å². The first kappa shape index (κ1) is 19.9. The Kier molecular flexibility index (Phi) is 8.96. The number of nitrogens with zero attached hydrogens (tertiary/aromatic N) is 1. The van der Waals surface area contributed by atoms with Gasteiger partial charge in [-0.15, -0.1) is 0 Å². The number of hydrogen-bond donors (Lipinski definition) is 1. The second kappa shape index (κ2) is 9.01. The van der Waals surface area contributed by atoms with Crippen LogP contribution in [0.25, 0.3) is 0 Å². The standard InChI is InChI=1S/C15H31NO2.C2H6/c1-6-7-8-9-10-18-16-14(2,3)11-13(17)12-15(16,4)5;1-2/h13,17H,6-12H2,1-5H3;1-2H3. The maximum atomic E-state index is 9.96. The zero-order valence-corrected chi connectivity index (χ0v) is 14.8. The molecule has 0 saturated carbocycles. The third-order valence-corrected chi connectivity index (χ3v) is 3.79. The molecule has 1 rings (SSSR count). The molecule has 0 spiro atoms. The first-order chi connectivity index (χ1) is 9.29. The predicted octanol–water partition coefficient (Wildman–Crippen LogP) is 4.54. The van der Waals surface area contributed by atoms with Crippen LogP contribution in [0.5, 0.6) is 0 Å². The largest absolute Gasteiger partial charge is 0.393 e. The number of aliphatic hydroxyl groups is 1. The molecule has 0 aromatic heterocycles. The molecule has 122 valence electrons. The predicted molar refractivity (Wildman–Crippen MR) is 86.7 cm³/mol. The van der Waals surface area contributed by atoms with E-state index in [1.165, 1.54) is 19.3 Å². The van der Waals surface area contributed by atoms with Crippen LogP contribution in [-0.2, 0) is 4.84 Å². The number of hydrogen-bond acceptors (Lipinski definition) is 3. The van der Waals surface area contributed by atoms with Crippen molar-refractivity contribution < 1.29 is 9.94 Å². The van der Waals surface area contributed by atoms with Gasteiger partial charge in [0.15, 0.2) is 0 Å². The van der Waals surface area contributed by atoms with E-state index in [-0.39, 0.29) is 17.2 Å². The number of rotatable bonds is 6. The Morgan fingerprint density at radius 2 is 1.50 bits per heavy atom. The van der Waals surface area contributed by atoms with Gasteiger partial charge in [0.25, 0.3) is 0 Å². The minimum absolute atomic E-state index is 0.0913. The lowest BCUT2D eigenvalue weighted by molar-refractivity contribution is -0.292. The summed E-state index contributed by atoms with van der Waals surface area (Å²) >= 11 is 0. The summed E-state index contributed by atoms with van der Waals surface area (Å²) in [4.78, 5) is 6.03. The van der Waals surface area contributed by atoms with Crippen molar-refractivity contribution in [3.63, 3.8) is 0 Å². The van der Waals surface area contributed by atoms with Gasteiger partial charge >= 0.3 is 0 Å². The van der Waals surface area contributed by atoms with Crippen molar-refractivity contribution in [1.29, 1.82) is 0 Å². The van der Waals surface area contributed by atoms with Crippen molar-refractivity contribution >= 4 is 0 Å². The molecule has 1 aliphatic heterocycles. The summed E-state index contributed by atoms with van der Waals surface area (Å²) in [6.07, 6.45) is 6.26. The highest BCUT2D eigenvalue weighted by molar-refractivity contribution is 4.96. The molecule has 1 saturated heterocycles. The molecule has 0 aromatic carbocycles. The second-order valence-electron chi connectivity index (χ2n) is 6.88. The average Bonchev–Trinajstić information content (AvgIpc) is 2.32. The number of unbranched alkanes of at least 4 members (excludes halogenated alkanes) is 3. The van der Waals surface area contributed by atoms with Crippen molar-refractivity contribution in [2.24, 2.45) is 0 Å². The van der Waals surface area contributed by atoms with Crippen molar-refractivity contribution in [2.75, 3.05) is 6.61 Å². The van der Waals surface area contributed by atoms with E-state index in [1.807, 2.05) is 13.8 Å². The maximum absolute atomic E-state index is 9.96. The monoisotopic (exact) mass is 287 g/mol. The Balaban J connectivity index is 0.00000172. The number of hydroxylamine groups is 2. The molecule has 3 heteroatoms. The van der Waals surface area contributed by atoms with E-state index in [9.17, 15) is 5.11 Å². The molecule has 0 atom stereocenters. The molecule has 1 N–H and O–H groups in total. The Morgan fingerprint density at radius 3 is 1.95 bits per heavy atom. The smallest absolute Gasteiger partial charge is 0.0685 e. The molecule has 20 heavy (non-hydrogen) atoms. The fourth-order valence-corrected chi connectivity index (χ4v) is 3.24. The van der Waals surface area contributed by atoms with Crippen LogP contribution < -0.4 is 0 Å². The zero-order chi connectivity index (χ0) is 15.8. The highest BCUT2D eigenvalue weighted by Gasteiger charge is 2.45. The lowest BCUT2D eigenvalue weighted by atomic mass is 9.80. The summed E-state index contributed by atoms with van der Waals surface area (Å²) in [5, 5.41) is 12.1. The molecule has 0 aromatic rings. The van der Waals surface area contributed by atoms with E-state index >= 15 is 0 Å². The summed E-state index contributed by atoms with van der Waals surface area (Å²) in [6, 6.07) is 0. The summed E-state index contributed by atoms with van der Waals surface area (Å²) < 4.78 is 0. The fourth-order valence-electron chi connectivity index (χ4n) is 3.24. The van der Waals surface area contributed by atoms with Crippen LogP contribution in [0.4, 0.5) is 0 Å². The van der Waals surface area contributed by atoms with Crippen molar-refractivity contribution in [2.45, 2.75) is 104 Å². The number of piperidine rings is 1. The van der Waals surface area contributed by atoms with Gasteiger partial charge in [-0.25, -0.2) is 0 Å². The Labute approximate surface area is 126 Å². The van der Waals surface area contributed by atoms with Crippen LogP contribution in [0.15, 0.2) is 0 Å². The summed E-state index contributed by atoms with van der Waals surface area (Å²) in [5.41, 5.74) is -0.183. The van der Waals surface area contributed by atoms with Crippen LogP contribution >= 0.6 is 0 Å². The molecule has 0 amide bonds. The van der Waals surface area contributed by atoms with Gasteiger partial charge in [-0.05, 0) is 47.0 Å². The minimum atomic E-state index is -0.213. The zero-order valence-electron chi connectivity index (χ0n) is 14.8. The van der Waals surface area contributed by atoms with Crippen molar-refractivity contribution in [3.05, 3.63) is 0 Å². The van der Waals surface area contributed by atoms with E-state index in [1.54, 1.807) is 0 Å². The van der Waals surface area contributed by atoms with Crippen LogP contribution in [-0.4, -0.2) is 34.0 Å². The summed E-state index contributed by atoms with van der Waals surface area (Å²) in [5.74, 6) is 0. The van der Waals surface area contributed by atoms with Crippen molar-refractivity contribution in [1.82, 2.24) is 5.06 Å². The fraction of sp³-hybridized carbons (Fsp3) is 1.00. The van der Waals surface area contributed by atoms with Crippen LogP contribution in [0.3, 0.4) is 0 Å². The Morgan fingerprint density at radius 1 is 1.00 bits per heavy atom. The average molecular weight is 287 g/mol. The van der Waals surface area contributed by atoms with E-state index in [4.69, 9.17) is 4.84 Å². The molecule has 0 radical (unpaired) electrons. The normalized spacial score (nSPS) is 22.2. The lowest BCUT2D eigenvalue weighted by Gasteiger charge is -2.52. The Hall–Kier alpha value is -0.120. The second-order valence-corrected chi connectivity index (χ2v) is 6.88. The lowest BCUT2D eigenvalue weighted by Crippen LogP contribution is -2.61. The van der Waals surface area contributed by atoms with Gasteiger partial charge in [-0.3, -0.25) is 4.84 Å². The van der Waals surface area contributed by atoms with Crippen LogP contribution in [0, 0.1) is 0 Å². The van der Waals surface area contributed by atoms with E-state index in [2.05, 4.69) is 39.7 Å². The number of aliphatic hydroxyl groups excluding tert-OH is 1. The van der Waals surface area contributed by atoms with Gasteiger partial charge in [-0.1, -0.05) is 40.0 Å². The SMILES string of the molecule is CC.CCCCCCON1C(C)(C)CC(O)CC1(C)C. The summed E-state index contributed by atoms with van der Waals surface area (Å²) in [6.45, 7) is 15.6. The summed E-state index contributed by atoms with van der Waals surface area (Å²) in [7, 11) is 0. The quantitative estimate of drug-likeness (QED) is 0.728. The first-order valence-electron chi connectivity index (χ1n) is 8.41. The highest BCUT2D eigenvalue weighted by Crippen LogP contribution is 2.38. The topological polar surface area (TPSA) is 32.7 Å². The molecular weight excluding hydrogens is 250 g/mol. The molecule has 0 bridgehead atoms. The third-order valence-electron chi connectivity index (χ3n) is 3.79. The molecule has 0 aliphatic carbocycles. The van der Waals surface area contributed by atoms with Gasteiger partial charge < -0.3 is 5.11 Å². The highest BCUT2D eigenvalue weighted by atomic mass is 16.7. The molecule has 0 unspecified atom stereocenters. The maximum Gasteiger partial charge on any atom is 0.0685 e. The third kappa shape index (κ3) is 6.11. The van der Waals surface area contributed by atoms with Crippen LogP contribution in [0.1, 0.15) is 87.0 Å². The van der Waals surface area contributed by atoms with E-state index in [0.29, 0.717) is 0 Å². The first-order valence-corrected chi connectivity index (χ1v) is 8.41. The van der Waals surface area contributed by atoms with Crippen molar-refractivity contribution in [3.8, 4) is 0 Å². The van der Waals surface area contributed by atoms with Crippen LogP contribution in [0.2, 0.25) is 0 Å². The van der Waals surface area contributed by atoms with E-state index < -0.39 is 0 Å². The van der Waals surface area contributed by atoms with Gasteiger partial charge in [0.1, 0.15) is 0 Å². The molecule has 3 nitrogen and oxygen atoms in total. The van der Waals surface area contributed by atoms with Gasteiger partial charge in [0, 0.05) is 11.1 Å². The molecule has 1 fully saturated rings. The Bertz CT molecular complexity index is 233. The van der Waals surface area contributed by atoms with Gasteiger partial charge in [0.2, 0.25) is 0 Å². The molecule has 1 aliphatic rings. The van der Waals surface area contributed by atoms with Gasteiger partial charge in [-0.2, -0.15) is 5.06 Å².